The zero-order chi connectivity index (χ0) is 21.0. The van der Waals surface area contributed by atoms with Crippen LogP contribution in [0, 0.1) is 5.92 Å². The average molecular weight is 410 g/mol. The van der Waals surface area contributed by atoms with Crippen molar-refractivity contribution in [3.63, 3.8) is 0 Å². The van der Waals surface area contributed by atoms with E-state index in [0.29, 0.717) is 11.6 Å². The van der Waals surface area contributed by atoms with Gasteiger partial charge in [-0.2, -0.15) is 0 Å². The van der Waals surface area contributed by atoms with Gasteiger partial charge in [0.1, 0.15) is 6.33 Å². The molecule has 0 aliphatic carbocycles. The van der Waals surface area contributed by atoms with Crippen molar-refractivity contribution in [2.75, 3.05) is 11.4 Å². The van der Waals surface area contributed by atoms with Crippen LogP contribution in [0.4, 0.5) is 10.5 Å². The van der Waals surface area contributed by atoms with E-state index in [4.69, 9.17) is 11.6 Å². The van der Waals surface area contributed by atoms with E-state index in [9.17, 15) is 4.79 Å². The highest BCUT2D eigenvalue weighted by atomic mass is 35.5. The van der Waals surface area contributed by atoms with Crippen LogP contribution in [-0.4, -0.2) is 22.1 Å². The number of benzene rings is 2. The number of aromatic nitrogens is 2. The highest BCUT2D eigenvalue weighted by Gasteiger charge is 2.20. The molecule has 3 aromatic rings. The quantitative estimate of drug-likeness (QED) is 0.504. The fraction of sp³-hybridized carbons (Fsp3) is 0.333. The zero-order valence-electron chi connectivity index (χ0n) is 17.5. The lowest BCUT2D eigenvalue weighted by Gasteiger charge is -2.26. The SMILES string of the molecule is CC(Cc1ccc(C(C)(C)C)cc1)CN(C(=O)n1ccnc1)c1ccc(Cl)cc1. The van der Waals surface area contributed by atoms with E-state index in [-0.39, 0.29) is 17.4 Å². The summed E-state index contributed by atoms with van der Waals surface area (Å²) in [4.78, 5) is 18.8. The van der Waals surface area contributed by atoms with Crippen molar-refractivity contribution in [2.45, 2.75) is 39.5 Å². The molecule has 3 rings (SSSR count). The summed E-state index contributed by atoms with van der Waals surface area (Å²) < 4.78 is 1.50. The molecule has 0 fully saturated rings. The second-order valence-corrected chi connectivity index (χ2v) is 9.03. The number of anilines is 1. The molecular weight excluding hydrogens is 382 g/mol. The van der Waals surface area contributed by atoms with Crippen LogP contribution in [0.3, 0.4) is 0 Å². The molecule has 4 nitrogen and oxygen atoms in total. The van der Waals surface area contributed by atoms with Crippen LogP contribution in [0.25, 0.3) is 0 Å². The van der Waals surface area contributed by atoms with Gasteiger partial charge in [0.15, 0.2) is 0 Å². The molecule has 1 heterocycles. The normalized spacial score (nSPS) is 12.6. The van der Waals surface area contributed by atoms with Crippen molar-refractivity contribution in [2.24, 2.45) is 5.92 Å². The van der Waals surface area contributed by atoms with Crippen molar-refractivity contribution < 1.29 is 4.79 Å². The topological polar surface area (TPSA) is 38.1 Å². The molecular formula is C24H28ClN3O. The summed E-state index contributed by atoms with van der Waals surface area (Å²) in [5.74, 6) is 0.277. The van der Waals surface area contributed by atoms with Crippen molar-refractivity contribution in [1.82, 2.24) is 9.55 Å². The molecule has 1 atom stereocenters. The maximum Gasteiger partial charge on any atom is 0.333 e. The van der Waals surface area contributed by atoms with Crippen LogP contribution in [0.15, 0.2) is 67.3 Å². The van der Waals surface area contributed by atoms with Gasteiger partial charge in [0.05, 0.1) is 0 Å². The molecule has 0 N–H and O–H groups in total. The van der Waals surface area contributed by atoms with Crippen molar-refractivity contribution >= 4 is 23.3 Å². The molecule has 2 aromatic carbocycles. The molecule has 1 amide bonds. The lowest BCUT2D eigenvalue weighted by molar-refractivity contribution is 0.246. The molecule has 1 aromatic heterocycles. The van der Waals surface area contributed by atoms with Gasteiger partial charge in [0.25, 0.3) is 0 Å². The Morgan fingerprint density at radius 2 is 1.76 bits per heavy atom. The lowest BCUT2D eigenvalue weighted by atomic mass is 9.86. The Morgan fingerprint density at radius 3 is 2.31 bits per heavy atom. The van der Waals surface area contributed by atoms with E-state index in [1.165, 1.54) is 22.0 Å². The molecule has 0 aliphatic heterocycles. The summed E-state index contributed by atoms with van der Waals surface area (Å²) in [6, 6.07) is 16.0. The number of nitrogens with zero attached hydrogens (tertiary/aromatic N) is 3. The Labute approximate surface area is 178 Å². The minimum absolute atomic E-state index is 0.125. The van der Waals surface area contributed by atoms with E-state index in [2.05, 4.69) is 56.9 Å². The van der Waals surface area contributed by atoms with Gasteiger partial charge in [-0.3, -0.25) is 9.47 Å². The third-order valence-electron chi connectivity index (χ3n) is 4.99. The van der Waals surface area contributed by atoms with E-state index in [1.54, 1.807) is 29.4 Å². The summed E-state index contributed by atoms with van der Waals surface area (Å²) in [6.07, 6.45) is 5.70. The highest BCUT2D eigenvalue weighted by molar-refractivity contribution is 6.30. The lowest BCUT2D eigenvalue weighted by Crippen LogP contribution is -2.38. The number of hydrogen-bond donors (Lipinski definition) is 0. The van der Waals surface area contributed by atoms with Gasteiger partial charge in [-0.1, -0.05) is 63.6 Å². The number of rotatable bonds is 5. The second-order valence-electron chi connectivity index (χ2n) is 8.60. The number of imidazole rings is 1. The maximum absolute atomic E-state index is 13.1. The number of carbonyl (C=O) groups is 1. The molecule has 0 radical (unpaired) electrons. The fourth-order valence-corrected chi connectivity index (χ4v) is 3.47. The Balaban J connectivity index is 1.76. The first-order chi connectivity index (χ1) is 13.7. The highest BCUT2D eigenvalue weighted by Crippen LogP contribution is 2.24. The van der Waals surface area contributed by atoms with E-state index in [0.717, 1.165) is 12.1 Å². The molecule has 29 heavy (non-hydrogen) atoms. The predicted molar refractivity (Wildman–Crippen MR) is 120 cm³/mol. The van der Waals surface area contributed by atoms with Gasteiger partial charge < -0.3 is 0 Å². The molecule has 5 heteroatoms. The molecule has 0 saturated heterocycles. The number of halogens is 1. The van der Waals surface area contributed by atoms with Gasteiger partial charge in [0, 0.05) is 29.6 Å². The zero-order valence-corrected chi connectivity index (χ0v) is 18.2. The second kappa shape index (κ2) is 8.83. The smallest absolute Gasteiger partial charge is 0.293 e. The monoisotopic (exact) mass is 409 g/mol. The predicted octanol–water partition coefficient (Wildman–Crippen LogP) is 6.19. The van der Waals surface area contributed by atoms with Gasteiger partial charge in [-0.15, -0.1) is 0 Å². The molecule has 0 saturated carbocycles. The van der Waals surface area contributed by atoms with Crippen molar-refractivity contribution in [1.29, 1.82) is 0 Å². The minimum atomic E-state index is -0.125. The van der Waals surface area contributed by atoms with Crippen LogP contribution in [0.2, 0.25) is 5.02 Å². The van der Waals surface area contributed by atoms with Gasteiger partial charge in [-0.25, -0.2) is 9.78 Å². The summed E-state index contributed by atoms with van der Waals surface area (Å²) in [5, 5.41) is 0.649. The molecule has 152 valence electrons. The van der Waals surface area contributed by atoms with Crippen LogP contribution in [0.1, 0.15) is 38.8 Å². The van der Waals surface area contributed by atoms with Crippen molar-refractivity contribution in [3.8, 4) is 0 Å². The number of carbonyl (C=O) groups excluding carboxylic acids is 1. The van der Waals surface area contributed by atoms with Crippen LogP contribution >= 0.6 is 11.6 Å². The van der Waals surface area contributed by atoms with Gasteiger partial charge in [0.2, 0.25) is 0 Å². The minimum Gasteiger partial charge on any atom is -0.293 e. The molecule has 0 spiro atoms. The maximum atomic E-state index is 13.1. The van der Waals surface area contributed by atoms with E-state index >= 15 is 0 Å². The van der Waals surface area contributed by atoms with Gasteiger partial charge in [-0.05, 0) is 53.1 Å². The Hall–Kier alpha value is -2.59. The van der Waals surface area contributed by atoms with Crippen LogP contribution in [-0.2, 0) is 11.8 Å². The van der Waals surface area contributed by atoms with Gasteiger partial charge >= 0.3 is 6.03 Å². The average Bonchev–Trinajstić information content (AvgIpc) is 3.21. The van der Waals surface area contributed by atoms with E-state index in [1.807, 2.05) is 12.1 Å². The first-order valence-electron chi connectivity index (χ1n) is 9.89. The molecule has 0 bridgehead atoms. The largest absolute Gasteiger partial charge is 0.333 e. The summed E-state index contributed by atoms with van der Waals surface area (Å²) >= 11 is 6.03. The summed E-state index contributed by atoms with van der Waals surface area (Å²) in [7, 11) is 0. The molecule has 0 aliphatic rings. The fourth-order valence-electron chi connectivity index (χ4n) is 3.35. The Kier molecular flexibility index (Phi) is 6.43. The summed E-state index contributed by atoms with van der Waals surface area (Å²) in [5.41, 5.74) is 3.57. The third kappa shape index (κ3) is 5.48. The Bertz CT molecular complexity index is 926. The first-order valence-corrected chi connectivity index (χ1v) is 10.3. The Morgan fingerprint density at radius 1 is 1.10 bits per heavy atom. The van der Waals surface area contributed by atoms with Crippen LogP contribution in [0.5, 0.6) is 0 Å². The summed E-state index contributed by atoms with van der Waals surface area (Å²) in [6.45, 7) is 9.42. The standard InChI is InChI=1S/C24H28ClN3O/c1-18(15-19-5-7-20(8-6-19)24(2,3)4)16-28(22-11-9-21(25)10-12-22)23(29)27-14-13-26-17-27/h5-14,17-18H,15-16H2,1-4H3. The number of amides is 1. The van der Waals surface area contributed by atoms with Crippen LogP contribution < -0.4 is 4.90 Å². The number of hydrogen-bond acceptors (Lipinski definition) is 2. The van der Waals surface area contributed by atoms with E-state index < -0.39 is 0 Å². The third-order valence-corrected chi connectivity index (χ3v) is 5.24. The molecule has 1 unspecified atom stereocenters. The van der Waals surface area contributed by atoms with Crippen molar-refractivity contribution in [3.05, 3.63) is 83.4 Å². The first kappa shape index (κ1) is 21.1.